The minimum absolute atomic E-state index is 0.137. The first-order valence-corrected chi connectivity index (χ1v) is 36.1. The minimum Gasteiger partial charge on any atom is -0.244 e. The Kier molecular flexibility index (Phi) is 59.6. The monoisotopic (exact) mass is 1250 g/mol. The number of hydrogen-bond acceptors (Lipinski definition) is 0. The molecule has 0 aliphatic heterocycles. The molecule has 0 aliphatic rings. The molecule has 0 unspecified atom stereocenters. The molecule has 0 bridgehead atoms. The maximum Gasteiger partial charge on any atom is 0.113 e. The molecule has 0 spiro atoms. The Labute approximate surface area is 542 Å². The summed E-state index contributed by atoms with van der Waals surface area (Å²) >= 11 is 0. The predicted octanol–water partition coefficient (Wildman–Crippen LogP) is 30.8. The van der Waals surface area contributed by atoms with Gasteiger partial charge in [0.2, 0.25) is 0 Å². The lowest BCUT2D eigenvalue weighted by Gasteiger charge is -2.40. The lowest BCUT2D eigenvalue weighted by Crippen LogP contribution is -2.38. The molecule has 0 aliphatic carbocycles. The van der Waals surface area contributed by atoms with E-state index in [9.17, 15) is 30.7 Å². The standard InChI is InChI=1S/C11H23F.2C10H21F.C10H22.C9H19F.C9H20.2C7H15F.C6H13F/c1-7-11(6,12)10(8(2)3)9(4)5;1-7(2)9(8(3)4)10(5,6)11;1-6-9(4,7-2)10(5,11)8-3;1-7-10(6,8-2)9(3,4)5;1-5-8(6-2)9(4,10)7-3;1-6-8(7-2)9(3,4)5;1-5-7(4,8)6(2)3;1-4-6-7(3,8)5-2;1-4-6(3,7)5-2/h8-10H,7H2,1-6H3;7-9H,1-6H3;6-8H2,1-5H3;7-8H2,1-6H3;8H,5-7H2,1-4H3;8H,6-7H2,1-5H3;6H,5H2,1-4H3;4-6H2,1-3H3;4-5H2,1-3H3/t11-;;10-;;9-;;2*7-;/m0.0.0.00./s1. The molecule has 0 radical (unpaired) electrons. The van der Waals surface area contributed by atoms with Crippen LogP contribution in [0.1, 0.15) is 400 Å². The zero-order valence-electron chi connectivity index (χ0n) is 67.4. The summed E-state index contributed by atoms with van der Waals surface area (Å²) in [6.45, 7) is 85.1. The second kappa shape index (κ2) is 49.1. The van der Waals surface area contributed by atoms with Gasteiger partial charge in [0.15, 0.2) is 0 Å². The van der Waals surface area contributed by atoms with Crippen LogP contribution in [0, 0.1) is 74.9 Å². The van der Waals surface area contributed by atoms with Crippen molar-refractivity contribution >= 4 is 0 Å². The number of alkyl halides is 7. The van der Waals surface area contributed by atoms with E-state index < -0.39 is 39.7 Å². The van der Waals surface area contributed by atoms with E-state index in [1.165, 1.54) is 25.7 Å². The third-order valence-corrected chi connectivity index (χ3v) is 21.5. The Hall–Kier alpha value is -0.490. The smallest absolute Gasteiger partial charge is 0.113 e. The third kappa shape index (κ3) is 48.3. The highest BCUT2D eigenvalue weighted by Crippen LogP contribution is 2.44. The molecule has 7 heteroatoms. The van der Waals surface area contributed by atoms with E-state index in [-0.39, 0.29) is 29.1 Å². The lowest BCUT2D eigenvalue weighted by atomic mass is 9.65. The van der Waals surface area contributed by atoms with Gasteiger partial charge in [-0.2, -0.15) is 0 Å². The molecule has 0 saturated heterocycles. The van der Waals surface area contributed by atoms with Gasteiger partial charge in [-0.15, -0.1) is 0 Å². The maximum atomic E-state index is 14.0. The first-order chi connectivity index (χ1) is 38.2. The molecule has 0 nitrogen and oxygen atoms in total. The molecule has 0 fully saturated rings. The van der Waals surface area contributed by atoms with Crippen molar-refractivity contribution in [1.29, 1.82) is 0 Å². The average molecular weight is 1250 g/mol. The molecular weight excluding hydrogens is 1080 g/mol. The van der Waals surface area contributed by atoms with E-state index in [1.54, 1.807) is 55.4 Å². The summed E-state index contributed by atoms with van der Waals surface area (Å²) in [6, 6.07) is 0. The number of rotatable bonds is 26. The molecule has 86 heavy (non-hydrogen) atoms. The third-order valence-electron chi connectivity index (χ3n) is 21.5. The van der Waals surface area contributed by atoms with E-state index in [0.29, 0.717) is 91.3 Å². The van der Waals surface area contributed by atoms with E-state index in [0.717, 1.165) is 38.0 Å². The summed E-state index contributed by atoms with van der Waals surface area (Å²) in [5.74, 6) is 3.36. The van der Waals surface area contributed by atoms with Crippen LogP contribution in [0.2, 0.25) is 0 Å². The van der Waals surface area contributed by atoms with Crippen molar-refractivity contribution in [2.75, 3.05) is 0 Å². The van der Waals surface area contributed by atoms with Gasteiger partial charge >= 0.3 is 0 Å². The summed E-state index contributed by atoms with van der Waals surface area (Å²) in [5, 5.41) is 0. The van der Waals surface area contributed by atoms with Gasteiger partial charge in [0, 0.05) is 5.41 Å². The van der Waals surface area contributed by atoms with Gasteiger partial charge in [0.25, 0.3) is 0 Å². The van der Waals surface area contributed by atoms with Gasteiger partial charge in [-0.3, -0.25) is 0 Å². The molecule has 0 aromatic carbocycles. The number of halogens is 7. The first kappa shape index (κ1) is 104. The fourth-order valence-electron chi connectivity index (χ4n) is 11.8. The molecule has 0 aromatic heterocycles. The van der Waals surface area contributed by atoms with Crippen LogP contribution in [0.15, 0.2) is 0 Å². The second-order valence-electron chi connectivity index (χ2n) is 32.0. The Morgan fingerprint density at radius 2 is 0.558 bits per heavy atom. The maximum absolute atomic E-state index is 14.0. The van der Waals surface area contributed by atoms with Gasteiger partial charge in [-0.05, 0) is 189 Å². The van der Waals surface area contributed by atoms with Gasteiger partial charge in [-0.1, -0.05) is 280 Å². The summed E-state index contributed by atoms with van der Waals surface area (Å²) < 4.78 is 93.2. The molecule has 0 N–H and O–H groups in total. The largest absolute Gasteiger partial charge is 0.244 e. The highest BCUT2D eigenvalue weighted by atomic mass is 19.2. The highest BCUT2D eigenvalue weighted by Gasteiger charge is 2.41. The molecule has 0 amide bonds. The van der Waals surface area contributed by atoms with Crippen molar-refractivity contribution in [3.8, 4) is 0 Å². The predicted molar refractivity (Wildman–Crippen MR) is 385 cm³/mol. The van der Waals surface area contributed by atoms with Crippen LogP contribution >= 0.6 is 0 Å². The average Bonchev–Trinajstić information content (AvgIpc) is 3.38. The molecular formula is C79H169F7. The van der Waals surface area contributed by atoms with Crippen LogP contribution < -0.4 is 0 Å². The molecule has 0 aromatic rings. The summed E-state index contributed by atoms with van der Waals surface area (Å²) in [4.78, 5) is 0. The molecule has 534 valence electrons. The lowest BCUT2D eigenvalue weighted by molar-refractivity contribution is 0.00941. The highest BCUT2D eigenvalue weighted by molar-refractivity contribution is 4.91. The van der Waals surface area contributed by atoms with Crippen molar-refractivity contribution in [2.24, 2.45) is 74.9 Å². The van der Waals surface area contributed by atoms with Crippen molar-refractivity contribution in [2.45, 2.75) is 440 Å². The second-order valence-corrected chi connectivity index (χ2v) is 32.0. The molecule has 0 rings (SSSR count). The van der Waals surface area contributed by atoms with Crippen molar-refractivity contribution in [3.05, 3.63) is 0 Å². The summed E-state index contributed by atoms with van der Waals surface area (Å²) in [5.41, 5.74) is -5.41. The van der Waals surface area contributed by atoms with Crippen LogP contribution in [-0.2, 0) is 0 Å². The Bertz CT molecular complexity index is 1420. The van der Waals surface area contributed by atoms with E-state index in [4.69, 9.17) is 0 Å². The fourth-order valence-corrected chi connectivity index (χ4v) is 11.8. The van der Waals surface area contributed by atoms with E-state index >= 15 is 0 Å². The zero-order valence-corrected chi connectivity index (χ0v) is 67.4. The quantitative estimate of drug-likeness (QED) is 0.0757. The van der Waals surface area contributed by atoms with E-state index in [1.807, 2.05) is 76.2 Å². The van der Waals surface area contributed by atoms with Gasteiger partial charge in [-0.25, -0.2) is 30.7 Å². The van der Waals surface area contributed by atoms with Gasteiger partial charge in [0.05, 0.1) is 0 Å². The van der Waals surface area contributed by atoms with Crippen molar-refractivity contribution in [1.82, 2.24) is 0 Å². The summed E-state index contributed by atoms with van der Waals surface area (Å²) in [6.07, 6.45) is 15.0. The molecule has 0 heterocycles. The van der Waals surface area contributed by atoms with Crippen LogP contribution in [0.3, 0.4) is 0 Å². The Morgan fingerprint density at radius 1 is 0.279 bits per heavy atom. The van der Waals surface area contributed by atoms with Crippen LogP contribution in [0.5, 0.6) is 0 Å². The number of hydrogen-bond donors (Lipinski definition) is 0. The van der Waals surface area contributed by atoms with E-state index in [2.05, 4.69) is 159 Å². The molecule has 5 atom stereocenters. The molecule has 0 saturated carbocycles. The van der Waals surface area contributed by atoms with Crippen molar-refractivity contribution in [3.63, 3.8) is 0 Å². The minimum atomic E-state index is -1.04. The summed E-state index contributed by atoms with van der Waals surface area (Å²) in [7, 11) is 0. The van der Waals surface area contributed by atoms with Gasteiger partial charge in [0.1, 0.15) is 39.7 Å². The van der Waals surface area contributed by atoms with Crippen molar-refractivity contribution < 1.29 is 30.7 Å². The van der Waals surface area contributed by atoms with Crippen LogP contribution in [0.25, 0.3) is 0 Å². The zero-order chi connectivity index (χ0) is 71.7. The normalized spacial score (nSPS) is 15.8. The van der Waals surface area contributed by atoms with Crippen LogP contribution in [-0.4, -0.2) is 39.7 Å². The van der Waals surface area contributed by atoms with Crippen LogP contribution in [0.4, 0.5) is 30.7 Å². The Balaban J connectivity index is -0.000000111. The Morgan fingerprint density at radius 3 is 0.605 bits per heavy atom. The first-order valence-electron chi connectivity index (χ1n) is 36.1. The SMILES string of the molecule is CC(C)C(C(C)C)C(C)(C)F.CCC(C)(CC)C(C)(C)C.CCC(C)(CC)[C@@](C)(F)CC.CCC(C)(F)CC.CCC(CC)C(C)(C)C.CCC(CC)[C@@](C)(F)CC.CCC[C@@](C)(F)CC.CC[C@](C)(F)C(C(C)C)C(C)C.CC[C@](C)(F)C(C)C. The van der Waals surface area contributed by atoms with Gasteiger partial charge < -0.3 is 0 Å². The topological polar surface area (TPSA) is 0 Å². The fraction of sp³-hybridized carbons (Fsp3) is 1.00.